The van der Waals surface area contributed by atoms with Crippen LogP contribution in [0.25, 0.3) is 0 Å². The molecule has 0 saturated carbocycles. The Bertz CT molecular complexity index is 1060. The first kappa shape index (κ1) is 19.8. The van der Waals surface area contributed by atoms with E-state index in [1.165, 1.54) is 0 Å². The van der Waals surface area contributed by atoms with E-state index in [1.807, 2.05) is 36.2 Å². The summed E-state index contributed by atoms with van der Waals surface area (Å²) in [5.74, 6) is -2.01. The summed E-state index contributed by atoms with van der Waals surface area (Å²) < 4.78 is 0. The second kappa shape index (κ2) is 7.72. The molecule has 154 valence electrons. The predicted molar refractivity (Wildman–Crippen MR) is 110 cm³/mol. The minimum absolute atomic E-state index is 0.0976. The number of carbonyl (C=O) groups excluding carboxylic acids is 4. The molecule has 30 heavy (non-hydrogen) atoms. The Morgan fingerprint density at radius 3 is 2.53 bits per heavy atom. The summed E-state index contributed by atoms with van der Waals surface area (Å²) in [5.41, 5.74) is 9.24. The number of amides is 4. The number of piperidine rings is 1. The van der Waals surface area contributed by atoms with Crippen LogP contribution in [0.3, 0.4) is 0 Å². The summed E-state index contributed by atoms with van der Waals surface area (Å²) in [6, 6.07) is 12.0. The maximum atomic E-state index is 13.0. The van der Waals surface area contributed by atoms with Crippen molar-refractivity contribution in [2.75, 3.05) is 11.9 Å². The van der Waals surface area contributed by atoms with E-state index in [1.54, 1.807) is 18.2 Å². The molecule has 0 aliphatic carbocycles. The van der Waals surface area contributed by atoms with Gasteiger partial charge in [0.05, 0.1) is 11.1 Å². The molecule has 2 heterocycles. The molecule has 1 unspecified atom stereocenters. The summed E-state index contributed by atoms with van der Waals surface area (Å²) in [6.45, 7) is 0.933. The van der Waals surface area contributed by atoms with Crippen molar-refractivity contribution in [2.45, 2.75) is 32.0 Å². The molecular formula is C22H22N4O4. The number of anilines is 1. The number of rotatable bonds is 5. The fourth-order valence-corrected chi connectivity index (χ4v) is 4.03. The van der Waals surface area contributed by atoms with Crippen LogP contribution in [0, 0.1) is 0 Å². The fraction of sp³-hybridized carbons (Fsp3) is 0.273. The van der Waals surface area contributed by atoms with Crippen LogP contribution in [-0.4, -0.2) is 41.6 Å². The van der Waals surface area contributed by atoms with Crippen molar-refractivity contribution in [3.8, 4) is 0 Å². The molecule has 1 saturated heterocycles. The second-order valence-corrected chi connectivity index (χ2v) is 7.52. The van der Waals surface area contributed by atoms with Gasteiger partial charge < -0.3 is 10.6 Å². The number of fused-ring (bicyclic) bond motifs is 1. The maximum absolute atomic E-state index is 13.0. The molecule has 0 radical (unpaired) electrons. The van der Waals surface area contributed by atoms with Gasteiger partial charge in [-0.15, -0.1) is 0 Å². The van der Waals surface area contributed by atoms with Crippen molar-refractivity contribution >= 4 is 29.3 Å². The second-order valence-electron chi connectivity index (χ2n) is 7.52. The zero-order valence-electron chi connectivity index (χ0n) is 16.6. The average Bonchev–Trinajstić information content (AvgIpc) is 2.98. The van der Waals surface area contributed by atoms with Crippen LogP contribution in [0.2, 0.25) is 0 Å². The van der Waals surface area contributed by atoms with Crippen LogP contribution in [0.5, 0.6) is 0 Å². The van der Waals surface area contributed by atoms with E-state index in [9.17, 15) is 19.2 Å². The zero-order chi connectivity index (χ0) is 21.4. The number of nitrogens with zero attached hydrogens (tertiary/aromatic N) is 2. The van der Waals surface area contributed by atoms with E-state index in [4.69, 9.17) is 5.73 Å². The van der Waals surface area contributed by atoms with Gasteiger partial charge in [-0.3, -0.25) is 29.4 Å². The zero-order valence-corrected chi connectivity index (χ0v) is 16.6. The Kier molecular flexibility index (Phi) is 5.09. The smallest absolute Gasteiger partial charge is 0.262 e. The first-order valence-corrected chi connectivity index (χ1v) is 9.74. The molecule has 2 aliphatic heterocycles. The highest BCUT2D eigenvalue weighted by Gasteiger charge is 2.44. The molecular weight excluding hydrogens is 384 g/mol. The van der Waals surface area contributed by atoms with Gasteiger partial charge in [-0.1, -0.05) is 24.3 Å². The van der Waals surface area contributed by atoms with Gasteiger partial charge in [0.2, 0.25) is 11.8 Å². The van der Waals surface area contributed by atoms with Crippen LogP contribution >= 0.6 is 0 Å². The van der Waals surface area contributed by atoms with E-state index < -0.39 is 29.7 Å². The maximum Gasteiger partial charge on any atom is 0.262 e. The summed E-state index contributed by atoms with van der Waals surface area (Å²) in [4.78, 5) is 52.3. The number of nitrogens with two attached hydrogens (primary N) is 1. The number of hydrogen-bond donors (Lipinski definition) is 2. The number of para-hydroxylation sites is 1. The molecule has 1 fully saturated rings. The minimum atomic E-state index is -0.961. The van der Waals surface area contributed by atoms with E-state index in [2.05, 4.69) is 5.32 Å². The average molecular weight is 406 g/mol. The highest BCUT2D eigenvalue weighted by Crippen LogP contribution is 2.29. The van der Waals surface area contributed by atoms with Gasteiger partial charge in [0.25, 0.3) is 11.8 Å². The third-order valence-electron chi connectivity index (χ3n) is 5.55. The van der Waals surface area contributed by atoms with E-state index in [0.717, 1.165) is 21.7 Å². The number of nitrogens with one attached hydrogen (secondary N) is 1. The van der Waals surface area contributed by atoms with Crippen molar-refractivity contribution < 1.29 is 19.2 Å². The molecule has 2 aliphatic rings. The highest BCUT2D eigenvalue weighted by molar-refractivity contribution is 6.23. The van der Waals surface area contributed by atoms with Gasteiger partial charge in [-0.25, -0.2) is 0 Å². The van der Waals surface area contributed by atoms with Crippen molar-refractivity contribution in [1.29, 1.82) is 0 Å². The Labute approximate surface area is 173 Å². The van der Waals surface area contributed by atoms with Crippen LogP contribution in [0.4, 0.5) is 5.69 Å². The van der Waals surface area contributed by atoms with Crippen LogP contribution < -0.4 is 16.0 Å². The van der Waals surface area contributed by atoms with Crippen molar-refractivity contribution in [1.82, 2.24) is 10.2 Å². The lowest BCUT2D eigenvalue weighted by Crippen LogP contribution is -2.54. The molecule has 8 nitrogen and oxygen atoms in total. The quantitative estimate of drug-likeness (QED) is 0.721. The minimum Gasteiger partial charge on any atom is -0.370 e. The third kappa shape index (κ3) is 3.35. The molecule has 2 aromatic carbocycles. The first-order chi connectivity index (χ1) is 14.4. The molecule has 1 atom stereocenters. The lowest BCUT2D eigenvalue weighted by Gasteiger charge is -2.27. The number of hydrogen-bond acceptors (Lipinski definition) is 6. The lowest BCUT2D eigenvalue weighted by molar-refractivity contribution is -0.136. The summed E-state index contributed by atoms with van der Waals surface area (Å²) >= 11 is 0. The number of carbonyl (C=O) groups is 4. The highest BCUT2D eigenvalue weighted by atomic mass is 16.2. The number of imide groups is 2. The monoisotopic (exact) mass is 406 g/mol. The van der Waals surface area contributed by atoms with Gasteiger partial charge in [0.1, 0.15) is 6.04 Å². The summed E-state index contributed by atoms with van der Waals surface area (Å²) in [7, 11) is 1.93. The molecule has 4 amide bonds. The van der Waals surface area contributed by atoms with Gasteiger partial charge in [0, 0.05) is 32.2 Å². The van der Waals surface area contributed by atoms with Crippen molar-refractivity contribution in [3.63, 3.8) is 0 Å². The largest absolute Gasteiger partial charge is 0.370 e. The molecule has 8 heteroatoms. The third-order valence-corrected chi connectivity index (χ3v) is 5.55. The normalized spacial score (nSPS) is 18.5. The fourth-order valence-electron chi connectivity index (χ4n) is 4.03. The van der Waals surface area contributed by atoms with E-state index in [0.29, 0.717) is 13.1 Å². The van der Waals surface area contributed by atoms with Crippen LogP contribution in [-0.2, 0) is 22.7 Å². The van der Waals surface area contributed by atoms with E-state index in [-0.39, 0.29) is 24.0 Å². The van der Waals surface area contributed by atoms with Gasteiger partial charge in [-0.2, -0.15) is 0 Å². The van der Waals surface area contributed by atoms with Crippen molar-refractivity contribution in [3.05, 3.63) is 64.7 Å². The Balaban J connectivity index is 1.58. The Hall–Kier alpha value is -3.52. The molecule has 2 aromatic rings. The SMILES string of the molecule is CN(Cc1ccc2c(c1)C(=O)N(C1CCC(=O)NC1=O)C2=O)c1ccccc1CN. The van der Waals surface area contributed by atoms with Gasteiger partial charge in [-0.05, 0) is 35.7 Å². The molecule has 0 aromatic heterocycles. The molecule has 3 N–H and O–H groups in total. The molecule has 0 bridgehead atoms. The molecule has 4 rings (SSSR count). The number of benzene rings is 2. The summed E-state index contributed by atoms with van der Waals surface area (Å²) in [6.07, 6.45) is 0.238. The lowest BCUT2D eigenvalue weighted by atomic mass is 10.0. The van der Waals surface area contributed by atoms with Gasteiger partial charge in [0.15, 0.2) is 0 Å². The van der Waals surface area contributed by atoms with Crippen LogP contribution in [0.15, 0.2) is 42.5 Å². The topological polar surface area (TPSA) is 113 Å². The van der Waals surface area contributed by atoms with Crippen molar-refractivity contribution in [2.24, 2.45) is 5.73 Å². The Morgan fingerprint density at radius 1 is 1.07 bits per heavy atom. The Morgan fingerprint density at radius 2 is 1.80 bits per heavy atom. The first-order valence-electron chi connectivity index (χ1n) is 9.74. The predicted octanol–water partition coefficient (Wildman–Crippen LogP) is 1.18. The van der Waals surface area contributed by atoms with Gasteiger partial charge >= 0.3 is 0 Å². The standard InChI is InChI=1S/C22H22N4O4/c1-25(17-5-3-2-4-14(17)11-23)12-13-6-7-15-16(10-13)22(30)26(21(15)29)18-8-9-19(27)24-20(18)28/h2-7,10,18H,8-9,11-12,23H2,1H3,(H,24,27,28). The van der Waals surface area contributed by atoms with Crippen LogP contribution in [0.1, 0.15) is 44.7 Å². The van der Waals surface area contributed by atoms with E-state index >= 15 is 0 Å². The summed E-state index contributed by atoms with van der Waals surface area (Å²) in [5, 5.41) is 2.20. The molecule has 0 spiro atoms.